The molecule has 0 amide bonds. The van der Waals surface area contributed by atoms with Crippen LogP contribution in [-0.2, 0) is 4.74 Å². The van der Waals surface area contributed by atoms with Gasteiger partial charge in [0, 0.05) is 20.2 Å². The first-order chi connectivity index (χ1) is 8.70. The summed E-state index contributed by atoms with van der Waals surface area (Å²) in [4.78, 5) is 6.25. The largest absolute Gasteiger partial charge is 0.396 e. The topological polar surface area (TPSA) is 75.2 Å². The molecule has 0 spiro atoms. The molecule has 2 rings (SSSR count). The van der Waals surface area contributed by atoms with Crippen molar-refractivity contribution in [2.24, 2.45) is 0 Å². The molecule has 5 nitrogen and oxygen atoms in total. The van der Waals surface area contributed by atoms with Crippen molar-refractivity contribution in [1.29, 1.82) is 5.26 Å². The highest BCUT2D eigenvalue weighted by Gasteiger charge is 2.17. The lowest BCUT2D eigenvalue weighted by Gasteiger charge is -2.28. The molecule has 1 unspecified atom stereocenters. The lowest BCUT2D eigenvalue weighted by atomic mass is 10.1. The molecule has 0 aliphatic carbocycles. The number of pyridine rings is 1. The fraction of sp³-hybridized carbons (Fsp3) is 0.538. The molecule has 96 valence electrons. The number of nitrogens with two attached hydrogens (primary N) is 1. The van der Waals surface area contributed by atoms with E-state index in [0.717, 1.165) is 31.8 Å². The van der Waals surface area contributed by atoms with E-state index in [0.29, 0.717) is 5.69 Å². The molecule has 18 heavy (non-hydrogen) atoms. The van der Waals surface area contributed by atoms with E-state index in [1.807, 2.05) is 24.1 Å². The van der Waals surface area contributed by atoms with Gasteiger partial charge in [0.2, 0.25) is 0 Å². The molecule has 1 aromatic rings. The van der Waals surface area contributed by atoms with Gasteiger partial charge in [-0.1, -0.05) is 0 Å². The van der Waals surface area contributed by atoms with Crippen LogP contribution in [0.15, 0.2) is 12.1 Å². The zero-order chi connectivity index (χ0) is 13.0. The fourth-order valence-electron chi connectivity index (χ4n) is 2.11. The van der Waals surface area contributed by atoms with E-state index in [9.17, 15) is 0 Å². The van der Waals surface area contributed by atoms with Crippen LogP contribution in [0.2, 0.25) is 0 Å². The number of ether oxygens (including phenoxy) is 1. The maximum absolute atomic E-state index is 8.91. The van der Waals surface area contributed by atoms with E-state index in [-0.39, 0.29) is 11.8 Å². The van der Waals surface area contributed by atoms with Crippen LogP contribution in [0.3, 0.4) is 0 Å². The average Bonchev–Trinajstić information content (AvgIpc) is 2.40. The highest BCUT2D eigenvalue weighted by atomic mass is 16.5. The Morgan fingerprint density at radius 1 is 1.56 bits per heavy atom. The van der Waals surface area contributed by atoms with Gasteiger partial charge in [-0.3, -0.25) is 0 Å². The first kappa shape index (κ1) is 12.7. The van der Waals surface area contributed by atoms with Crippen molar-refractivity contribution in [3.8, 4) is 6.07 Å². The van der Waals surface area contributed by atoms with Gasteiger partial charge in [0.1, 0.15) is 11.9 Å². The second kappa shape index (κ2) is 5.69. The molecule has 1 saturated heterocycles. The molecule has 2 N–H and O–H groups in total. The Kier molecular flexibility index (Phi) is 4.00. The summed E-state index contributed by atoms with van der Waals surface area (Å²) in [6.07, 6.45) is 3.72. The highest BCUT2D eigenvalue weighted by molar-refractivity contribution is 5.55. The predicted molar refractivity (Wildman–Crippen MR) is 70.2 cm³/mol. The van der Waals surface area contributed by atoms with Crippen LogP contribution in [0.25, 0.3) is 0 Å². The standard InChI is InChI=1S/C13H18N4O/c1-17(9-10-4-2-3-7-18-10)13-6-5-11(15)12(8-14)16-13/h5-6,10H,2-4,7,9,15H2,1H3. The molecule has 0 bridgehead atoms. The van der Waals surface area contributed by atoms with Crippen LogP contribution in [-0.4, -0.2) is 31.3 Å². The van der Waals surface area contributed by atoms with Crippen LogP contribution >= 0.6 is 0 Å². The first-order valence-electron chi connectivity index (χ1n) is 6.20. The van der Waals surface area contributed by atoms with Gasteiger partial charge in [-0.2, -0.15) is 5.26 Å². The minimum Gasteiger partial charge on any atom is -0.396 e. The van der Waals surface area contributed by atoms with Crippen molar-refractivity contribution in [3.05, 3.63) is 17.8 Å². The molecule has 0 aromatic carbocycles. The average molecular weight is 246 g/mol. The summed E-state index contributed by atoms with van der Waals surface area (Å²) < 4.78 is 5.69. The van der Waals surface area contributed by atoms with E-state index in [1.165, 1.54) is 6.42 Å². The summed E-state index contributed by atoms with van der Waals surface area (Å²) in [7, 11) is 1.96. The third-order valence-electron chi connectivity index (χ3n) is 3.16. The Hall–Kier alpha value is -1.80. The summed E-state index contributed by atoms with van der Waals surface area (Å²) >= 11 is 0. The van der Waals surface area contributed by atoms with Crippen molar-refractivity contribution >= 4 is 11.5 Å². The zero-order valence-corrected chi connectivity index (χ0v) is 10.6. The van der Waals surface area contributed by atoms with Crippen molar-refractivity contribution < 1.29 is 4.74 Å². The van der Waals surface area contributed by atoms with E-state index in [1.54, 1.807) is 6.07 Å². The molecule has 1 aliphatic heterocycles. The lowest BCUT2D eigenvalue weighted by molar-refractivity contribution is 0.0215. The van der Waals surface area contributed by atoms with Crippen LogP contribution in [0.4, 0.5) is 11.5 Å². The highest BCUT2D eigenvalue weighted by Crippen LogP contribution is 2.18. The van der Waals surface area contributed by atoms with Gasteiger partial charge in [0.15, 0.2) is 5.69 Å². The van der Waals surface area contributed by atoms with Gasteiger partial charge in [0.05, 0.1) is 11.8 Å². The second-order valence-electron chi connectivity index (χ2n) is 4.59. The Labute approximate surface area is 107 Å². The molecule has 2 heterocycles. The molecule has 0 saturated carbocycles. The first-order valence-corrected chi connectivity index (χ1v) is 6.20. The van der Waals surface area contributed by atoms with Crippen LogP contribution < -0.4 is 10.6 Å². The van der Waals surface area contributed by atoms with Crippen molar-refractivity contribution in [2.45, 2.75) is 25.4 Å². The Morgan fingerprint density at radius 3 is 3.06 bits per heavy atom. The number of hydrogen-bond acceptors (Lipinski definition) is 5. The number of nitrogen functional groups attached to an aromatic ring is 1. The van der Waals surface area contributed by atoms with Gasteiger partial charge >= 0.3 is 0 Å². The van der Waals surface area contributed by atoms with Gasteiger partial charge in [-0.15, -0.1) is 0 Å². The van der Waals surface area contributed by atoms with Crippen molar-refractivity contribution in [3.63, 3.8) is 0 Å². The Balaban J connectivity index is 2.04. The summed E-state index contributed by atoms with van der Waals surface area (Å²) in [5, 5.41) is 8.91. The Morgan fingerprint density at radius 2 is 2.39 bits per heavy atom. The molecule has 0 radical (unpaired) electrons. The number of nitriles is 1. The molecule has 1 fully saturated rings. The number of anilines is 2. The monoisotopic (exact) mass is 246 g/mol. The van der Waals surface area contributed by atoms with Gasteiger partial charge < -0.3 is 15.4 Å². The second-order valence-corrected chi connectivity index (χ2v) is 4.59. The summed E-state index contributed by atoms with van der Waals surface area (Å²) in [6.45, 7) is 1.64. The van der Waals surface area contributed by atoms with Crippen LogP contribution in [0.1, 0.15) is 25.0 Å². The van der Waals surface area contributed by atoms with Crippen molar-refractivity contribution in [2.75, 3.05) is 30.8 Å². The third-order valence-corrected chi connectivity index (χ3v) is 3.16. The van der Waals surface area contributed by atoms with Gasteiger partial charge in [-0.05, 0) is 31.4 Å². The lowest BCUT2D eigenvalue weighted by Crippen LogP contribution is -2.33. The number of aromatic nitrogens is 1. The van der Waals surface area contributed by atoms with Gasteiger partial charge in [0.25, 0.3) is 0 Å². The molecular formula is C13H18N4O. The smallest absolute Gasteiger partial charge is 0.165 e. The molecule has 1 atom stereocenters. The quantitative estimate of drug-likeness (QED) is 0.875. The Bertz CT molecular complexity index is 449. The normalized spacial score (nSPS) is 19.2. The molecule has 1 aliphatic rings. The van der Waals surface area contributed by atoms with E-state index < -0.39 is 0 Å². The number of hydrogen-bond donors (Lipinski definition) is 1. The number of rotatable bonds is 3. The fourth-order valence-corrected chi connectivity index (χ4v) is 2.11. The van der Waals surface area contributed by atoms with Crippen LogP contribution in [0, 0.1) is 11.3 Å². The molecular weight excluding hydrogens is 228 g/mol. The van der Waals surface area contributed by atoms with E-state index in [2.05, 4.69) is 4.98 Å². The van der Waals surface area contributed by atoms with E-state index >= 15 is 0 Å². The minimum atomic E-state index is 0.258. The number of nitrogens with zero attached hydrogens (tertiary/aromatic N) is 3. The minimum absolute atomic E-state index is 0.258. The maximum atomic E-state index is 8.91. The predicted octanol–water partition coefficient (Wildman–Crippen LogP) is 1.54. The van der Waals surface area contributed by atoms with Crippen LogP contribution in [0.5, 0.6) is 0 Å². The SMILES string of the molecule is CN(CC1CCCCO1)c1ccc(N)c(C#N)n1. The zero-order valence-electron chi connectivity index (χ0n) is 10.6. The summed E-state index contributed by atoms with van der Waals surface area (Å²) in [5.74, 6) is 0.759. The van der Waals surface area contributed by atoms with Crippen molar-refractivity contribution in [1.82, 2.24) is 4.98 Å². The summed E-state index contributed by atoms with van der Waals surface area (Å²) in [6, 6.07) is 5.55. The number of likely N-dealkylation sites (N-methyl/N-ethyl adjacent to an activating group) is 1. The third kappa shape index (κ3) is 2.90. The maximum Gasteiger partial charge on any atom is 0.165 e. The molecule has 1 aromatic heterocycles. The molecule has 5 heteroatoms. The van der Waals surface area contributed by atoms with Gasteiger partial charge in [-0.25, -0.2) is 4.98 Å². The van der Waals surface area contributed by atoms with E-state index in [4.69, 9.17) is 15.7 Å². The summed E-state index contributed by atoms with van der Waals surface area (Å²) in [5.41, 5.74) is 6.36.